The highest BCUT2D eigenvalue weighted by molar-refractivity contribution is 5.89. The van der Waals surface area contributed by atoms with E-state index in [1.54, 1.807) is 31.4 Å². The number of methoxy groups -OCH3 is 1. The van der Waals surface area contributed by atoms with Gasteiger partial charge in [0.25, 0.3) is 0 Å². The Labute approximate surface area is 96.4 Å². The van der Waals surface area contributed by atoms with Gasteiger partial charge in [-0.15, -0.1) is 0 Å². The molecule has 0 atom stereocenters. The average Bonchev–Trinajstić information content (AvgIpc) is 2.25. The van der Waals surface area contributed by atoms with Gasteiger partial charge in [0.1, 0.15) is 5.75 Å². The largest absolute Gasteiger partial charge is 0.497 e. The molecule has 0 saturated carbocycles. The third kappa shape index (κ3) is 3.93. The van der Waals surface area contributed by atoms with Crippen molar-refractivity contribution in [1.82, 2.24) is 0 Å². The monoisotopic (exact) mass is 222 g/mol. The summed E-state index contributed by atoms with van der Waals surface area (Å²) in [6, 6.07) is 6.88. The Kier molecular flexibility index (Phi) is 3.93. The lowest BCUT2D eigenvalue weighted by atomic mass is 9.99. The summed E-state index contributed by atoms with van der Waals surface area (Å²) in [4.78, 5) is 11.6. The Morgan fingerprint density at radius 2 is 1.75 bits per heavy atom. The Balaban J connectivity index is 2.59. The summed E-state index contributed by atoms with van der Waals surface area (Å²) in [6.07, 6.45) is 0. The van der Waals surface area contributed by atoms with Crippen molar-refractivity contribution in [3.63, 3.8) is 0 Å². The number of rotatable bonds is 3. The van der Waals surface area contributed by atoms with Gasteiger partial charge >= 0.3 is 5.97 Å². The van der Waals surface area contributed by atoms with Gasteiger partial charge in [-0.3, -0.25) is 0 Å². The van der Waals surface area contributed by atoms with Crippen molar-refractivity contribution in [3.8, 4) is 5.75 Å². The molecular weight excluding hydrogens is 204 g/mol. The molecule has 3 nitrogen and oxygen atoms in total. The summed E-state index contributed by atoms with van der Waals surface area (Å²) < 4.78 is 10.2. The molecule has 0 radical (unpaired) electrons. The fourth-order valence-electron chi connectivity index (χ4n) is 1.09. The van der Waals surface area contributed by atoms with Crippen LogP contribution >= 0.6 is 0 Å². The van der Waals surface area contributed by atoms with Gasteiger partial charge in [0.05, 0.1) is 19.3 Å². The minimum atomic E-state index is -0.294. The first-order valence-electron chi connectivity index (χ1n) is 5.23. The van der Waals surface area contributed by atoms with Gasteiger partial charge in [-0.25, -0.2) is 4.79 Å². The first-order chi connectivity index (χ1) is 7.42. The number of carbonyl (C=O) groups excluding carboxylic acids is 1. The molecule has 16 heavy (non-hydrogen) atoms. The zero-order valence-corrected chi connectivity index (χ0v) is 10.2. The quantitative estimate of drug-likeness (QED) is 0.738. The highest BCUT2D eigenvalue weighted by atomic mass is 16.5. The standard InChI is InChI=1S/C13H18O3/c1-13(2,3)9-16-12(14)10-5-7-11(15-4)8-6-10/h5-8H,9H2,1-4H3. The van der Waals surface area contributed by atoms with Gasteiger partial charge in [-0.05, 0) is 29.7 Å². The number of hydrogen-bond acceptors (Lipinski definition) is 3. The molecule has 1 aromatic rings. The molecule has 0 aliphatic rings. The van der Waals surface area contributed by atoms with Crippen molar-refractivity contribution in [2.75, 3.05) is 13.7 Å². The van der Waals surface area contributed by atoms with E-state index in [0.29, 0.717) is 12.2 Å². The van der Waals surface area contributed by atoms with Crippen LogP contribution in [0.2, 0.25) is 0 Å². The maximum absolute atomic E-state index is 11.6. The van der Waals surface area contributed by atoms with Crippen LogP contribution in [0.15, 0.2) is 24.3 Å². The molecule has 0 fully saturated rings. The van der Waals surface area contributed by atoms with E-state index in [0.717, 1.165) is 5.75 Å². The van der Waals surface area contributed by atoms with Gasteiger partial charge < -0.3 is 9.47 Å². The molecule has 0 aliphatic carbocycles. The molecule has 0 aliphatic heterocycles. The second kappa shape index (κ2) is 5.01. The maximum Gasteiger partial charge on any atom is 0.338 e. The second-order valence-corrected chi connectivity index (χ2v) is 4.87. The lowest BCUT2D eigenvalue weighted by molar-refractivity contribution is 0.0367. The van der Waals surface area contributed by atoms with E-state index < -0.39 is 0 Å². The molecule has 0 saturated heterocycles. The molecule has 0 amide bonds. The van der Waals surface area contributed by atoms with Gasteiger partial charge in [0.15, 0.2) is 0 Å². The van der Waals surface area contributed by atoms with Crippen LogP contribution in [-0.4, -0.2) is 19.7 Å². The number of benzene rings is 1. The van der Waals surface area contributed by atoms with Crippen molar-refractivity contribution >= 4 is 5.97 Å². The highest BCUT2D eigenvalue weighted by Gasteiger charge is 2.14. The normalized spacial score (nSPS) is 11.0. The van der Waals surface area contributed by atoms with E-state index in [1.807, 2.05) is 20.8 Å². The zero-order valence-electron chi connectivity index (χ0n) is 10.2. The molecule has 0 spiro atoms. The van der Waals surface area contributed by atoms with Crippen LogP contribution in [0.5, 0.6) is 5.75 Å². The Morgan fingerprint density at radius 3 is 2.19 bits per heavy atom. The fraction of sp³-hybridized carbons (Fsp3) is 0.462. The Morgan fingerprint density at radius 1 is 1.19 bits per heavy atom. The van der Waals surface area contributed by atoms with Crippen LogP contribution in [0.25, 0.3) is 0 Å². The zero-order chi connectivity index (χ0) is 12.2. The predicted molar refractivity (Wildman–Crippen MR) is 62.7 cm³/mol. The molecule has 0 unspecified atom stereocenters. The Hall–Kier alpha value is -1.51. The van der Waals surface area contributed by atoms with E-state index >= 15 is 0 Å². The summed E-state index contributed by atoms with van der Waals surface area (Å²) >= 11 is 0. The number of esters is 1. The summed E-state index contributed by atoms with van der Waals surface area (Å²) in [7, 11) is 1.59. The molecule has 0 aromatic heterocycles. The molecule has 3 heteroatoms. The summed E-state index contributed by atoms with van der Waals surface area (Å²) in [6.45, 7) is 6.48. The first-order valence-corrected chi connectivity index (χ1v) is 5.23. The molecule has 1 rings (SSSR count). The van der Waals surface area contributed by atoms with Gasteiger partial charge in [-0.1, -0.05) is 20.8 Å². The van der Waals surface area contributed by atoms with E-state index in [4.69, 9.17) is 9.47 Å². The SMILES string of the molecule is COc1ccc(C(=O)OCC(C)(C)C)cc1. The molecule has 0 bridgehead atoms. The van der Waals surface area contributed by atoms with E-state index in [1.165, 1.54) is 0 Å². The van der Waals surface area contributed by atoms with E-state index in [-0.39, 0.29) is 11.4 Å². The minimum Gasteiger partial charge on any atom is -0.497 e. The molecule has 88 valence electrons. The van der Waals surface area contributed by atoms with Crippen LogP contribution in [-0.2, 0) is 4.74 Å². The minimum absolute atomic E-state index is 0.0118. The third-order valence-electron chi connectivity index (χ3n) is 1.96. The lowest BCUT2D eigenvalue weighted by Gasteiger charge is -2.17. The van der Waals surface area contributed by atoms with Crippen LogP contribution < -0.4 is 4.74 Å². The summed E-state index contributed by atoms with van der Waals surface area (Å²) in [5, 5.41) is 0. The molecular formula is C13H18O3. The average molecular weight is 222 g/mol. The van der Waals surface area contributed by atoms with Gasteiger partial charge in [-0.2, -0.15) is 0 Å². The maximum atomic E-state index is 11.6. The van der Waals surface area contributed by atoms with Crippen LogP contribution in [0.4, 0.5) is 0 Å². The van der Waals surface area contributed by atoms with Crippen molar-refractivity contribution in [3.05, 3.63) is 29.8 Å². The number of hydrogen-bond donors (Lipinski definition) is 0. The van der Waals surface area contributed by atoms with Crippen LogP contribution in [0.1, 0.15) is 31.1 Å². The first kappa shape index (κ1) is 12.6. The number of ether oxygens (including phenoxy) is 2. The van der Waals surface area contributed by atoms with E-state index in [9.17, 15) is 4.79 Å². The highest BCUT2D eigenvalue weighted by Crippen LogP contribution is 2.16. The smallest absolute Gasteiger partial charge is 0.338 e. The molecule has 0 heterocycles. The lowest BCUT2D eigenvalue weighted by Crippen LogP contribution is -2.18. The van der Waals surface area contributed by atoms with Crippen LogP contribution in [0, 0.1) is 5.41 Å². The molecule has 0 N–H and O–H groups in total. The topological polar surface area (TPSA) is 35.5 Å². The third-order valence-corrected chi connectivity index (χ3v) is 1.96. The summed E-state index contributed by atoms with van der Waals surface area (Å²) in [5.74, 6) is 0.435. The van der Waals surface area contributed by atoms with E-state index in [2.05, 4.69) is 0 Å². The van der Waals surface area contributed by atoms with Crippen molar-refractivity contribution in [1.29, 1.82) is 0 Å². The van der Waals surface area contributed by atoms with Crippen LogP contribution in [0.3, 0.4) is 0 Å². The van der Waals surface area contributed by atoms with Gasteiger partial charge in [0, 0.05) is 0 Å². The van der Waals surface area contributed by atoms with Crippen molar-refractivity contribution in [2.45, 2.75) is 20.8 Å². The predicted octanol–water partition coefficient (Wildman–Crippen LogP) is 2.90. The fourth-order valence-corrected chi connectivity index (χ4v) is 1.09. The number of carbonyl (C=O) groups is 1. The molecule has 1 aromatic carbocycles. The van der Waals surface area contributed by atoms with Crippen molar-refractivity contribution < 1.29 is 14.3 Å². The van der Waals surface area contributed by atoms with Gasteiger partial charge in [0.2, 0.25) is 0 Å². The summed E-state index contributed by atoms with van der Waals surface area (Å²) in [5.41, 5.74) is 0.535. The van der Waals surface area contributed by atoms with Crippen molar-refractivity contribution in [2.24, 2.45) is 5.41 Å². The second-order valence-electron chi connectivity index (χ2n) is 4.87. The Bertz CT molecular complexity index is 346.